The summed E-state index contributed by atoms with van der Waals surface area (Å²) in [6, 6.07) is 18.8. The SMILES string of the molecule is CCc1nc2c(cnn2CC)c(NC2CCOCC2)c1CNC(=O)NCc1cccc(-c2cccc(CN3C[C@H]4C[C@@H]3CN4)c2)c1. The first-order chi connectivity index (χ1) is 22.6. The summed E-state index contributed by atoms with van der Waals surface area (Å²) in [5.74, 6) is 0. The molecule has 4 aromatic rings. The predicted molar refractivity (Wildman–Crippen MR) is 182 cm³/mol. The summed E-state index contributed by atoms with van der Waals surface area (Å²) in [7, 11) is 0. The average molecular weight is 623 g/mol. The number of hydrogen-bond acceptors (Lipinski definition) is 7. The molecule has 0 spiro atoms. The van der Waals surface area contributed by atoms with Crippen LogP contribution in [0.4, 0.5) is 10.5 Å². The lowest BCUT2D eigenvalue weighted by Gasteiger charge is -2.27. The minimum Gasteiger partial charge on any atom is -0.381 e. The number of likely N-dealkylation sites (tertiary alicyclic amines) is 1. The van der Waals surface area contributed by atoms with Gasteiger partial charge in [0, 0.05) is 81.9 Å². The number of carbonyl (C=O) groups is 1. The van der Waals surface area contributed by atoms with E-state index in [1.54, 1.807) is 0 Å². The van der Waals surface area contributed by atoms with Crippen LogP contribution in [0.3, 0.4) is 0 Å². The third-order valence-corrected chi connectivity index (χ3v) is 9.80. The van der Waals surface area contributed by atoms with Gasteiger partial charge in [0.25, 0.3) is 0 Å². The van der Waals surface area contributed by atoms with Crippen LogP contribution in [-0.4, -0.2) is 70.1 Å². The zero-order valence-electron chi connectivity index (χ0n) is 27.0. The molecule has 3 aliphatic rings. The van der Waals surface area contributed by atoms with Crippen molar-refractivity contribution in [3.8, 4) is 11.1 Å². The molecule has 2 atom stereocenters. The molecule has 0 unspecified atom stereocenters. The van der Waals surface area contributed by atoms with Gasteiger partial charge in [-0.05, 0) is 67.0 Å². The topological polar surface area (TPSA) is 108 Å². The predicted octanol–water partition coefficient (Wildman–Crippen LogP) is 4.82. The Hall–Kier alpha value is -3.99. The minimum atomic E-state index is -0.203. The Labute approximate surface area is 271 Å². The molecule has 2 aromatic carbocycles. The normalized spacial score (nSPS) is 20.0. The van der Waals surface area contributed by atoms with Crippen molar-refractivity contribution in [3.63, 3.8) is 0 Å². The summed E-state index contributed by atoms with van der Waals surface area (Å²) in [6.07, 6.45) is 5.82. The largest absolute Gasteiger partial charge is 0.381 e. The number of benzene rings is 2. The van der Waals surface area contributed by atoms with E-state index in [-0.39, 0.29) is 6.03 Å². The van der Waals surface area contributed by atoms with E-state index in [2.05, 4.69) is 93.6 Å². The van der Waals surface area contributed by atoms with Gasteiger partial charge in [0.2, 0.25) is 0 Å². The maximum Gasteiger partial charge on any atom is 0.315 e. The van der Waals surface area contributed by atoms with Gasteiger partial charge in [-0.2, -0.15) is 5.10 Å². The van der Waals surface area contributed by atoms with Gasteiger partial charge in [-0.3, -0.25) is 4.90 Å². The summed E-state index contributed by atoms with van der Waals surface area (Å²) in [5.41, 5.74) is 8.68. The fraction of sp³-hybridized carbons (Fsp3) is 0.472. The first-order valence-corrected chi connectivity index (χ1v) is 17.0. The smallest absolute Gasteiger partial charge is 0.315 e. The molecule has 0 saturated carbocycles. The molecular formula is C36H46N8O2. The molecule has 0 aliphatic carbocycles. The van der Waals surface area contributed by atoms with E-state index in [0.717, 1.165) is 97.8 Å². The minimum absolute atomic E-state index is 0.203. The second-order valence-corrected chi connectivity index (χ2v) is 12.9. The van der Waals surface area contributed by atoms with Crippen LogP contribution in [0.5, 0.6) is 0 Å². The summed E-state index contributed by atoms with van der Waals surface area (Å²) in [5, 5.41) is 19.2. The van der Waals surface area contributed by atoms with E-state index in [1.807, 2.05) is 10.9 Å². The van der Waals surface area contributed by atoms with Crippen LogP contribution < -0.4 is 21.3 Å². The van der Waals surface area contributed by atoms with Crippen LogP contribution in [0.15, 0.2) is 54.7 Å². The molecule has 2 amide bonds. The molecular weight excluding hydrogens is 576 g/mol. The third-order valence-electron chi connectivity index (χ3n) is 9.80. The Morgan fingerprint density at radius 2 is 1.78 bits per heavy atom. The number of fused-ring (bicyclic) bond motifs is 3. The van der Waals surface area contributed by atoms with E-state index in [1.165, 1.54) is 17.5 Å². The number of ether oxygens (including phenoxy) is 1. The van der Waals surface area contributed by atoms with Gasteiger partial charge in [-0.25, -0.2) is 14.5 Å². The second-order valence-electron chi connectivity index (χ2n) is 12.9. The number of pyridine rings is 1. The number of rotatable bonds is 11. The lowest BCUT2D eigenvalue weighted by atomic mass is 10.0. The number of nitrogens with zero attached hydrogens (tertiary/aromatic N) is 4. The maximum atomic E-state index is 13.1. The quantitative estimate of drug-likeness (QED) is 0.190. The van der Waals surface area contributed by atoms with Gasteiger partial charge < -0.3 is 26.0 Å². The molecule has 46 heavy (non-hydrogen) atoms. The molecule has 4 N–H and O–H groups in total. The molecule has 5 heterocycles. The number of hydrogen-bond donors (Lipinski definition) is 4. The highest BCUT2D eigenvalue weighted by atomic mass is 16.5. The molecule has 242 valence electrons. The van der Waals surface area contributed by atoms with Gasteiger partial charge in [0.15, 0.2) is 5.65 Å². The highest BCUT2D eigenvalue weighted by molar-refractivity contribution is 5.92. The van der Waals surface area contributed by atoms with E-state index >= 15 is 0 Å². The van der Waals surface area contributed by atoms with Crippen LogP contribution in [-0.2, 0) is 37.3 Å². The summed E-state index contributed by atoms with van der Waals surface area (Å²) >= 11 is 0. The lowest BCUT2D eigenvalue weighted by Crippen LogP contribution is -2.42. The number of aromatic nitrogens is 3. The number of aryl methyl sites for hydroxylation is 2. The number of anilines is 1. The van der Waals surface area contributed by atoms with Crippen molar-refractivity contribution in [3.05, 3.63) is 77.1 Å². The van der Waals surface area contributed by atoms with Gasteiger partial charge in [0.1, 0.15) is 0 Å². The van der Waals surface area contributed by atoms with Crippen LogP contribution in [0, 0.1) is 0 Å². The Kier molecular flexibility index (Phi) is 9.19. The Bertz CT molecular complexity index is 1680. The molecule has 2 bridgehead atoms. The first kappa shape index (κ1) is 30.7. The fourth-order valence-electron chi connectivity index (χ4n) is 7.30. The lowest BCUT2D eigenvalue weighted by molar-refractivity contribution is 0.0904. The summed E-state index contributed by atoms with van der Waals surface area (Å²) in [4.78, 5) is 20.7. The third kappa shape index (κ3) is 6.61. The summed E-state index contributed by atoms with van der Waals surface area (Å²) < 4.78 is 7.53. The highest BCUT2D eigenvalue weighted by Gasteiger charge is 2.37. The van der Waals surface area contributed by atoms with Crippen molar-refractivity contribution in [2.45, 2.75) is 83.8 Å². The van der Waals surface area contributed by atoms with Crippen molar-refractivity contribution in [1.82, 2.24) is 35.6 Å². The van der Waals surface area contributed by atoms with Gasteiger partial charge >= 0.3 is 6.03 Å². The van der Waals surface area contributed by atoms with Gasteiger partial charge in [-0.1, -0.05) is 43.3 Å². The molecule has 3 aliphatic heterocycles. The molecule has 2 aromatic heterocycles. The standard InChI is InChI=1S/C36H46N8O2/c1-3-33-31(34(41-28-11-13-46-14-12-28)32-21-40-44(4-2)35(32)42-33)20-39-36(45)38-18-24-7-5-9-26(15-24)27-10-6-8-25(16-27)22-43-23-29-17-30(43)19-37-29/h5-10,15-16,21,28-30,37H,3-4,11-14,17-20,22-23H2,1-2H3,(H,41,42)(H2,38,39,45)/t29-,30-/m1/s1. The van der Waals surface area contributed by atoms with Crippen molar-refractivity contribution in [2.75, 3.05) is 31.6 Å². The maximum absolute atomic E-state index is 13.1. The number of piperazine rings is 1. The van der Waals surface area contributed by atoms with Crippen molar-refractivity contribution < 1.29 is 9.53 Å². The molecule has 0 radical (unpaired) electrons. The van der Waals surface area contributed by atoms with Gasteiger partial charge in [-0.15, -0.1) is 0 Å². The molecule has 3 saturated heterocycles. The van der Waals surface area contributed by atoms with Crippen LogP contribution in [0.2, 0.25) is 0 Å². The van der Waals surface area contributed by atoms with Crippen LogP contribution >= 0.6 is 0 Å². The molecule has 3 fully saturated rings. The highest BCUT2D eigenvalue weighted by Crippen LogP contribution is 2.31. The van der Waals surface area contributed by atoms with E-state index in [0.29, 0.717) is 31.2 Å². The number of urea groups is 1. The Morgan fingerprint density at radius 3 is 2.50 bits per heavy atom. The second kappa shape index (κ2) is 13.8. The van der Waals surface area contributed by atoms with E-state index in [4.69, 9.17) is 9.72 Å². The van der Waals surface area contributed by atoms with E-state index in [9.17, 15) is 4.79 Å². The number of carbonyl (C=O) groups excluding carboxylic acids is 1. The van der Waals surface area contributed by atoms with Gasteiger partial charge in [0.05, 0.1) is 17.3 Å². The first-order valence-electron chi connectivity index (χ1n) is 17.0. The molecule has 10 nitrogen and oxygen atoms in total. The fourth-order valence-corrected chi connectivity index (χ4v) is 7.30. The van der Waals surface area contributed by atoms with Crippen LogP contribution in [0.25, 0.3) is 22.2 Å². The number of nitrogens with one attached hydrogen (secondary N) is 4. The van der Waals surface area contributed by atoms with Crippen LogP contribution in [0.1, 0.15) is 55.5 Å². The van der Waals surface area contributed by atoms with Crippen molar-refractivity contribution in [2.24, 2.45) is 0 Å². The molecule has 7 rings (SSSR count). The zero-order chi connectivity index (χ0) is 31.5. The van der Waals surface area contributed by atoms with Crippen molar-refractivity contribution >= 4 is 22.8 Å². The monoisotopic (exact) mass is 622 g/mol. The number of amides is 2. The zero-order valence-corrected chi connectivity index (χ0v) is 27.0. The Morgan fingerprint density at radius 1 is 1.02 bits per heavy atom. The van der Waals surface area contributed by atoms with E-state index < -0.39 is 0 Å². The van der Waals surface area contributed by atoms with Crippen molar-refractivity contribution in [1.29, 1.82) is 0 Å². The molecule has 10 heteroatoms. The Balaban J connectivity index is 1.01. The average Bonchev–Trinajstić information content (AvgIpc) is 3.83. The summed E-state index contributed by atoms with van der Waals surface area (Å²) in [6.45, 7) is 10.5.